The molecule has 4 heteroatoms. The molecule has 132 valence electrons. The van der Waals surface area contributed by atoms with Gasteiger partial charge in [-0.05, 0) is 49.7 Å². The van der Waals surface area contributed by atoms with Crippen LogP contribution < -0.4 is 4.74 Å². The number of ketones is 1. The lowest BCUT2D eigenvalue weighted by atomic mass is 10.1. The summed E-state index contributed by atoms with van der Waals surface area (Å²) < 4.78 is 6.01. The van der Waals surface area contributed by atoms with Crippen LogP contribution in [-0.2, 0) is 11.4 Å². The number of benzene rings is 2. The van der Waals surface area contributed by atoms with E-state index in [9.17, 15) is 4.79 Å². The van der Waals surface area contributed by atoms with Crippen LogP contribution in [0.1, 0.15) is 30.5 Å². The van der Waals surface area contributed by atoms with Crippen molar-refractivity contribution in [2.24, 2.45) is 0 Å². The van der Waals surface area contributed by atoms with Gasteiger partial charge in [-0.15, -0.1) is 11.8 Å². The molecule has 1 heterocycles. The number of rotatable bonds is 5. The number of para-hydroxylation sites is 1. The van der Waals surface area contributed by atoms with Crippen molar-refractivity contribution in [2.45, 2.75) is 42.9 Å². The molecule has 26 heavy (non-hydrogen) atoms. The van der Waals surface area contributed by atoms with Gasteiger partial charge in [0.05, 0.1) is 5.52 Å². The number of hydrogen-bond acceptors (Lipinski definition) is 4. The Morgan fingerprint density at radius 3 is 2.73 bits per heavy atom. The van der Waals surface area contributed by atoms with Crippen LogP contribution in [0.2, 0.25) is 0 Å². The quantitative estimate of drug-likeness (QED) is 0.614. The van der Waals surface area contributed by atoms with Crippen molar-refractivity contribution in [3.05, 3.63) is 65.9 Å². The van der Waals surface area contributed by atoms with Crippen LogP contribution >= 0.6 is 11.8 Å². The van der Waals surface area contributed by atoms with Gasteiger partial charge in [0.25, 0.3) is 0 Å². The number of pyridine rings is 1. The van der Waals surface area contributed by atoms with Crippen LogP contribution in [0.3, 0.4) is 0 Å². The minimum Gasteiger partial charge on any atom is -0.489 e. The highest BCUT2D eigenvalue weighted by Gasteiger charge is 2.22. The predicted molar refractivity (Wildman–Crippen MR) is 106 cm³/mol. The molecule has 3 nitrogen and oxygen atoms in total. The number of hydrogen-bond donors (Lipinski definition) is 0. The fourth-order valence-electron chi connectivity index (χ4n) is 3.36. The largest absolute Gasteiger partial charge is 0.489 e. The summed E-state index contributed by atoms with van der Waals surface area (Å²) in [4.78, 5) is 17.2. The van der Waals surface area contributed by atoms with Crippen molar-refractivity contribution in [3.63, 3.8) is 0 Å². The Labute approximate surface area is 157 Å². The van der Waals surface area contributed by atoms with Crippen LogP contribution in [0.25, 0.3) is 10.9 Å². The highest BCUT2D eigenvalue weighted by atomic mass is 32.2. The summed E-state index contributed by atoms with van der Waals surface area (Å²) in [5, 5.41) is 1.57. The van der Waals surface area contributed by atoms with E-state index < -0.39 is 0 Å². The molecule has 3 aromatic rings. The average molecular weight is 363 g/mol. The molecule has 2 aromatic carbocycles. The zero-order chi connectivity index (χ0) is 17.9. The van der Waals surface area contributed by atoms with Crippen LogP contribution in [0.4, 0.5) is 0 Å². The first-order valence-electron chi connectivity index (χ1n) is 8.94. The third-order valence-corrected chi connectivity index (χ3v) is 5.93. The predicted octanol–water partition coefficient (Wildman–Crippen LogP) is 5.34. The minimum atomic E-state index is 0.391. The van der Waals surface area contributed by atoms with E-state index in [2.05, 4.69) is 29.2 Å². The molecule has 4 rings (SSSR count). The minimum absolute atomic E-state index is 0.391. The van der Waals surface area contributed by atoms with E-state index >= 15 is 0 Å². The maximum Gasteiger partial charge on any atom is 0.134 e. The highest BCUT2D eigenvalue weighted by Crippen LogP contribution is 2.34. The van der Waals surface area contributed by atoms with Gasteiger partial charge in [-0.25, -0.2) is 0 Å². The van der Waals surface area contributed by atoms with Crippen LogP contribution in [0.15, 0.2) is 59.5 Å². The molecule has 0 saturated heterocycles. The number of fused-ring (bicyclic) bond motifs is 1. The molecule has 0 radical (unpaired) electrons. The normalized spacial score (nSPS) is 17.0. The maximum atomic E-state index is 11.4. The van der Waals surface area contributed by atoms with E-state index in [1.165, 1.54) is 4.90 Å². The van der Waals surface area contributed by atoms with E-state index in [4.69, 9.17) is 4.74 Å². The number of carbonyl (C=O) groups excluding carboxylic acids is 1. The third-order valence-electron chi connectivity index (χ3n) is 4.65. The summed E-state index contributed by atoms with van der Waals surface area (Å²) in [6.07, 6.45) is 2.44. The van der Waals surface area contributed by atoms with Gasteiger partial charge in [-0.1, -0.05) is 18.2 Å². The topological polar surface area (TPSA) is 39.2 Å². The molecule has 1 atom stereocenters. The zero-order valence-electron chi connectivity index (χ0n) is 14.8. The first-order valence-corrected chi connectivity index (χ1v) is 9.82. The summed E-state index contributed by atoms with van der Waals surface area (Å²) in [6, 6.07) is 18.4. The van der Waals surface area contributed by atoms with Crippen molar-refractivity contribution in [1.82, 2.24) is 4.98 Å². The monoisotopic (exact) mass is 363 g/mol. The summed E-state index contributed by atoms with van der Waals surface area (Å²) >= 11 is 1.80. The fourth-order valence-corrected chi connectivity index (χ4v) is 4.55. The van der Waals surface area contributed by atoms with Gasteiger partial charge in [0.1, 0.15) is 18.1 Å². The Morgan fingerprint density at radius 1 is 1.15 bits per heavy atom. The van der Waals surface area contributed by atoms with Gasteiger partial charge in [-0.3, -0.25) is 9.78 Å². The molecule has 1 aliphatic rings. The number of thioether (sulfide) groups is 1. The van der Waals surface area contributed by atoms with Gasteiger partial charge >= 0.3 is 0 Å². The van der Waals surface area contributed by atoms with Gasteiger partial charge < -0.3 is 4.74 Å². The SMILES string of the molecule is Cc1cc(COc2ccc(SC3CCC(=O)C3)cc2)c2ccccc2n1. The van der Waals surface area contributed by atoms with Gasteiger partial charge in [0.15, 0.2) is 0 Å². The summed E-state index contributed by atoms with van der Waals surface area (Å²) in [5.41, 5.74) is 3.15. The maximum absolute atomic E-state index is 11.4. The number of ether oxygens (including phenoxy) is 1. The number of nitrogens with zero attached hydrogens (tertiary/aromatic N) is 1. The summed E-state index contributed by atoms with van der Waals surface area (Å²) in [6.45, 7) is 2.53. The standard InChI is InChI=1S/C22H21NO2S/c1-15-12-16(21-4-2-3-5-22(21)23-15)14-25-18-7-10-19(11-8-18)26-20-9-6-17(24)13-20/h2-5,7-8,10-12,20H,6,9,13-14H2,1H3. The smallest absolute Gasteiger partial charge is 0.134 e. The third kappa shape index (κ3) is 3.91. The molecule has 1 unspecified atom stereocenters. The second-order valence-electron chi connectivity index (χ2n) is 6.72. The lowest BCUT2D eigenvalue weighted by molar-refractivity contribution is -0.117. The van der Waals surface area contributed by atoms with E-state index in [1.807, 2.05) is 37.3 Å². The van der Waals surface area contributed by atoms with Crippen molar-refractivity contribution in [1.29, 1.82) is 0 Å². The number of carbonyl (C=O) groups is 1. The molecule has 1 aromatic heterocycles. The fraction of sp³-hybridized carbons (Fsp3) is 0.273. The number of Topliss-reactive ketones (excluding diaryl/α,β-unsaturated/α-hetero) is 1. The molecule has 1 fully saturated rings. The first kappa shape index (κ1) is 17.1. The van der Waals surface area contributed by atoms with Gasteiger partial charge in [-0.2, -0.15) is 0 Å². The molecule has 1 aliphatic carbocycles. The molecular formula is C22H21NO2S. The van der Waals surface area contributed by atoms with Crippen LogP contribution in [0.5, 0.6) is 5.75 Å². The molecule has 0 bridgehead atoms. The second-order valence-corrected chi connectivity index (χ2v) is 8.10. The second kappa shape index (κ2) is 7.50. The average Bonchev–Trinajstić information content (AvgIpc) is 3.05. The Bertz CT molecular complexity index is 937. The van der Waals surface area contributed by atoms with E-state index in [0.717, 1.165) is 40.8 Å². The van der Waals surface area contributed by atoms with Crippen LogP contribution in [0, 0.1) is 6.92 Å². The molecule has 0 spiro atoms. The molecule has 0 N–H and O–H groups in total. The number of aryl methyl sites for hydroxylation is 1. The van der Waals surface area contributed by atoms with E-state index in [-0.39, 0.29) is 0 Å². The highest BCUT2D eigenvalue weighted by molar-refractivity contribution is 8.00. The molecule has 0 amide bonds. The van der Waals surface area contributed by atoms with E-state index in [1.54, 1.807) is 11.8 Å². The molecule has 1 saturated carbocycles. The Kier molecular flexibility index (Phi) is 4.93. The summed E-state index contributed by atoms with van der Waals surface area (Å²) in [7, 11) is 0. The van der Waals surface area contributed by atoms with Gasteiger partial charge in [0.2, 0.25) is 0 Å². The Morgan fingerprint density at radius 2 is 1.96 bits per heavy atom. The summed E-state index contributed by atoms with van der Waals surface area (Å²) in [5.74, 6) is 1.25. The Hall–Kier alpha value is -2.33. The lowest BCUT2D eigenvalue weighted by Gasteiger charge is -2.11. The Balaban J connectivity index is 1.43. The molecular weight excluding hydrogens is 342 g/mol. The first-order chi connectivity index (χ1) is 12.7. The van der Waals surface area contributed by atoms with Crippen molar-refractivity contribution in [2.75, 3.05) is 0 Å². The van der Waals surface area contributed by atoms with Gasteiger partial charge in [0, 0.05) is 39.6 Å². The van der Waals surface area contributed by atoms with Crippen molar-refractivity contribution < 1.29 is 9.53 Å². The van der Waals surface area contributed by atoms with E-state index in [0.29, 0.717) is 24.1 Å². The lowest BCUT2D eigenvalue weighted by Crippen LogP contribution is -1.99. The number of aromatic nitrogens is 1. The van der Waals surface area contributed by atoms with Crippen molar-refractivity contribution in [3.8, 4) is 5.75 Å². The zero-order valence-corrected chi connectivity index (χ0v) is 15.6. The molecule has 0 aliphatic heterocycles. The van der Waals surface area contributed by atoms with Crippen molar-refractivity contribution >= 4 is 28.4 Å². The van der Waals surface area contributed by atoms with Crippen LogP contribution in [-0.4, -0.2) is 16.0 Å².